The Labute approximate surface area is 135 Å². The highest BCUT2D eigenvalue weighted by Gasteiger charge is 2.24. The van der Waals surface area contributed by atoms with Crippen molar-refractivity contribution in [2.24, 2.45) is 0 Å². The first-order valence-corrected chi connectivity index (χ1v) is 7.51. The number of carbonyl (C=O) groups is 1. The molecular weight excluding hydrogens is 325 g/mol. The maximum atomic E-state index is 12.6. The van der Waals surface area contributed by atoms with Gasteiger partial charge < -0.3 is 9.47 Å². The van der Waals surface area contributed by atoms with E-state index < -0.39 is 0 Å². The van der Waals surface area contributed by atoms with Crippen LogP contribution < -0.4 is 0 Å². The maximum absolute atomic E-state index is 12.6. The minimum absolute atomic E-state index is 0.120. The van der Waals surface area contributed by atoms with E-state index in [1.807, 2.05) is 16.7 Å². The molecular formula is C14H11Cl2N5O. The molecule has 0 atom stereocenters. The van der Waals surface area contributed by atoms with Gasteiger partial charge >= 0.3 is 0 Å². The van der Waals surface area contributed by atoms with Gasteiger partial charge in [0.05, 0.1) is 17.8 Å². The topological polar surface area (TPSA) is 55.4 Å². The summed E-state index contributed by atoms with van der Waals surface area (Å²) in [6.07, 6.45) is 3.16. The van der Waals surface area contributed by atoms with E-state index in [9.17, 15) is 4.79 Å². The van der Waals surface area contributed by atoms with Gasteiger partial charge in [-0.25, -0.2) is 9.50 Å². The number of halogens is 2. The van der Waals surface area contributed by atoms with Gasteiger partial charge in [-0.15, -0.1) is 0 Å². The summed E-state index contributed by atoms with van der Waals surface area (Å²) < 4.78 is 3.52. The lowest BCUT2D eigenvalue weighted by atomic mass is 10.2. The number of hydrogen-bond donors (Lipinski definition) is 0. The molecule has 0 fully saturated rings. The van der Waals surface area contributed by atoms with E-state index in [4.69, 9.17) is 23.2 Å². The molecule has 4 rings (SSSR count). The highest BCUT2D eigenvalue weighted by atomic mass is 35.5. The van der Waals surface area contributed by atoms with Crippen LogP contribution in [0.15, 0.2) is 30.6 Å². The van der Waals surface area contributed by atoms with Gasteiger partial charge in [-0.2, -0.15) is 5.10 Å². The van der Waals surface area contributed by atoms with Crippen molar-refractivity contribution >= 4 is 34.8 Å². The number of rotatable bonds is 1. The first-order chi connectivity index (χ1) is 10.6. The first kappa shape index (κ1) is 13.6. The first-order valence-electron chi connectivity index (χ1n) is 6.76. The molecule has 3 aromatic heterocycles. The van der Waals surface area contributed by atoms with Crippen LogP contribution in [-0.4, -0.2) is 36.5 Å². The van der Waals surface area contributed by atoms with Crippen LogP contribution >= 0.6 is 23.2 Å². The molecule has 0 radical (unpaired) electrons. The summed E-state index contributed by atoms with van der Waals surface area (Å²) >= 11 is 12.0. The van der Waals surface area contributed by atoms with Gasteiger partial charge in [0.2, 0.25) is 0 Å². The summed E-state index contributed by atoms with van der Waals surface area (Å²) in [6, 6.07) is 5.45. The summed E-state index contributed by atoms with van der Waals surface area (Å²) in [5.41, 5.74) is 1.98. The average molecular weight is 336 g/mol. The van der Waals surface area contributed by atoms with E-state index >= 15 is 0 Å². The summed E-state index contributed by atoms with van der Waals surface area (Å²) in [5.74, 6) is -0.120. The van der Waals surface area contributed by atoms with Crippen LogP contribution in [0.5, 0.6) is 0 Å². The lowest BCUT2D eigenvalue weighted by Gasteiger charge is -2.28. The Morgan fingerprint density at radius 1 is 1.23 bits per heavy atom. The number of aromatic nitrogens is 4. The lowest BCUT2D eigenvalue weighted by molar-refractivity contribution is 0.0705. The van der Waals surface area contributed by atoms with E-state index in [1.54, 1.807) is 17.2 Å². The monoisotopic (exact) mass is 335 g/mol. The van der Waals surface area contributed by atoms with E-state index in [0.717, 1.165) is 5.69 Å². The smallest absolute Gasteiger partial charge is 0.274 e. The van der Waals surface area contributed by atoms with Crippen molar-refractivity contribution in [3.63, 3.8) is 0 Å². The molecule has 0 aliphatic carbocycles. The minimum Gasteiger partial charge on any atom is -0.332 e. The van der Waals surface area contributed by atoms with Gasteiger partial charge in [0.1, 0.15) is 5.15 Å². The van der Waals surface area contributed by atoms with Gasteiger partial charge in [0.15, 0.2) is 11.3 Å². The largest absolute Gasteiger partial charge is 0.332 e. The molecule has 1 aliphatic rings. The standard InChI is InChI=1S/C14H11Cl2N5O/c15-9-6-17-13-5-11(18-21(13)7-9)14(22)19-3-4-20-10(8-19)1-2-12(20)16/h1-2,5-7H,3-4,8H2. The summed E-state index contributed by atoms with van der Waals surface area (Å²) in [4.78, 5) is 18.5. The molecule has 6 nitrogen and oxygen atoms in total. The van der Waals surface area contributed by atoms with Crippen LogP contribution in [-0.2, 0) is 13.1 Å². The highest BCUT2D eigenvalue weighted by Crippen LogP contribution is 2.21. The number of carbonyl (C=O) groups excluding carboxylic acids is 1. The van der Waals surface area contributed by atoms with Crippen molar-refractivity contribution in [2.75, 3.05) is 6.54 Å². The van der Waals surface area contributed by atoms with Crippen LogP contribution in [0.4, 0.5) is 0 Å². The second-order valence-corrected chi connectivity index (χ2v) is 5.95. The Kier molecular flexibility index (Phi) is 3.09. The SMILES string of the molecule is O=C(c1cc2ncc(Cl)cn2n1)N1CCn2c(Cl)ccc2C1. The molecule has 112 valence electrons. The van der Waals surface area contributed by atoms with Gasteiger partial charge in [-0.1, -0.05) is 23.2 Å². The molecule has 0 unspecified atom stereocenters. The Morgan fingerprint density at radius 2 is 2.09 bits per heavy atom. The van der Waals surface area contributed by atoms with Gasteiger partial charge in [0, 0.05) is 31.0 Å². The molecule has 3 aromatic rings. The van der Waals surface area contributed by atoms with Crippen molar-refractivity contribution < 1.29 is 4.79 Å². The van der Waals surface area contributed by atoms with Crippen LogP contribution in [0.2, 0.25) is 10.2 Å². The second kappa shape index (κ2) is 5.00. The predicted molar refractivity (Wildman–Crippen MR) is 82.2 cm³/mol. The van der Waals surface area contributed by atoms with Gasteiger partial charge in [0.25, 0.3) is 5.91 Å². The van der Waals surface area contributed by atoms with Crippen molar-refractivity contribution in [3.05, 3.63) is 52.2 Å². The van der Waals surface area contributed by atoms with Crippen molar-refractivity contribution in [2.45, 2.75) is 13.1 Å². The van der Waals surface area contributed by atoms with Crippen molar-refractivity contribution in [1.29, 1.82) is 0 Å². The molecule has 0 N–H and O–H groups in total. The molecule has 1 amide bonds. The zero-order valence-corrected chi connectivity index (χ0v) is 12.9. The third kappa shape index (κ3) is 2.15. The zero-order chi connectivity index (χ0) is 15.3. The third-order valence-corrected chi connectivity index (χ3v) is 4.28. The van der Waals surface area contributed by atoms with Crippen LogP contribution in [0.3, 0.4) is 0 Å². The number of fused-ring (bicyclic) bond motifs is 2. The van der Waals surface area contributed by atoms with E-state index in [2.05, 4.69) is 10.1 Å². The fraction of sp³-hybridized carbons (Fsp3) is 0.214. The van der Waals surface area contributed by atoms with Crippen LogP contribution in [0.1, 0.15) is 16.2 Å². The third-order valence-electron chi connectivity index (χ3n) is 3.75. The van der Waals surface area contributed by atoms with Crippen molar-refractivity contribution in [1.82, 2.24) is 24.1 Å². The lowest BCUT2D eigenvalue weighted by Crippen LogP contribution is -2.38. The molecule has 0 saturated heterocycles. The predicted octanol–water partition coefficient (Wildman–Crippen LogP) is 2.49. The van der Waals surface area contributed by atoms with Crippen LogP contribution in [0.25, 0.3) is 5.65 Å². The van der Waals surface area contributed by atoms with Gasteiger partial charge in [-0.3, -0.25) is 4.79 Å². The molecule has 0 spiro atoms. The molecule has 22 heavy (non-hydrogen) atoms. The fourth-order valence-electron chi connectivity index (χ4n) is 2.66. The highest BCUT2D eigenvalue weighted by molar-refractivity contribution is 6.30. The van der Waals surface area contributed by atoms with E-state index in [-0.39, 0.29) is 5.91 Å². The van der Waals surface area contributed by atoms with Crippen molar-refractivity contribution in [3.8, 4) is 0 Å². The Hall–Kier alpha value is -2.05. The molecule has 8 heteroatoms. The minimum atomic E-state index is -0.120. The second-order valence-electron chi connectivity index (χ2n) is 5.13. The number of nitrogens with zero attached hydrogens (tertiary/aromatic N) is 5. The maximum Gasteiger partial charge on any atom is 0.274 e. The molecule has 0 aromatic carbocycles. The summed E-state index contributed by atoms with van der Waals surface area (Å²) in [5, 5.41) is 5.43. The zero-order valence-electron chi connectivity index (χ0n) is 11.4. The molecule has 0 saturated carbocycles. The van der Waals surface area contributed by atoms with E-state index in [1.165, 1.54) is 10.7 Å². The fourth-order valence-corrected chi connectivity index (χ4v) is 3.06. The molecule has 4 heterocycles. The van der Waals surface area contributed by atoms with Gasteiger partial charge in [-0.05, 0) is 12.1 Å². The number of amides is 1. The summed E-state index contributed by atoms with van der Waals surface area (Å²) in [7, 11) is 0. The Bertz CT molecular complexity index is 885. The molecule has 1 aliphatic heterocycles. The van der Waals surface area contributed by atoms with E-state index in [0.29, 0.717) is 41.2 Å². The van der Waals surface area contributed by atoms with Crippen LogP contribution in [0, 0.1) is 0 Å². The quantitative estimate of drug-likeness (QED) is 0.686. The normalized spacial score (nSPS) is 14.4. The Morgan fingerprint density at radius 3 is 2.95 bits per heavy atom. The molecule has 0 bridgehead atoms. The average Bonchev–Trinajstić information content (AvgIpc) is 3.09. The number of hydrogen-bond acceptors (Lipinski definition) is 3. The Balaban J connectivity index is 1.63. The summed E-state index contributed by atoms with van der Waals surface area (Å²) in [6.45, 7) is 1.81.